The first-order valence-corrected chi connectivity index (χ1v) is 8.48. The van der Waals surface area contributed by atoms with E-state index >= 15 is 0 Å². The summed E-state index contributed by atoms with van der Waals surface area (Å²) in [7, 11) is 0. The summed E-state index contributed by atoms with van der Waals surface area (Å²) in [6, 6.07) is 12.1. The van der Waals surface area contributed by atoms with Gasteiger partial charge in [0, 0.05) is 23.8 Å². The first-order chi connectivity index (χ1) is 11.1. The number of ether oxygens (including phenoxy) is 1. The fourth-order valence-corrected chi connectivity index (χ4v) is 4.03. The lowest BCUT2D eigenvalue weighted by Crippen LogP contribution is -2.36. The van der Waals surface area contributed by atoms with E-state index in [1.54, 1.807) is 6.07 Å². The predicted molar refractivity (Wildman–Crippen MR) is 92.1 cm³/mol. The standard InChI is InChI=1S/C19H20ClNO2/c1-11-4-6-16-14(9-11)19-13(3-2-8-23-19)18(21-16)12-5-7-17(22)15(20)10-12/h4-7,9-10,13,18-19,21-22H,2-3,8H2,1H3/t13-,18+,19-/m0/s1. The van der Waals surface area contributed by atoms with E-state index in [0.717, 1.165) is 30.7 Å². The van der Waals surface area contributed by atoms with E-state index in [1.165, 1.54) is 11.1 Å². The molecule has 0 aliphatic carbocycles. The maximum Gasteiger partial charge on any atom is 0.134 e. The Labute approximate surface area is 141 Å². The van der Waals surface area contributed by atoms with Gasteiger partial charge in [0.25, 0.3) is 0 Å². The Morgan fingerprint density at radius 2 is 2.09 bits per heavy atom. The number of aryl methyl sites for hydroxylation is 1. The number of aromatic hydroxyl groups is 1. The van der Waals surface area contributed by atoms with Crippen molar-refractivity contribution >= 4 is 17.3 Å². The summed E-state index contributed by atoms with van der Waals surface area (Å²) in [5, 5.41) is 13.7. The first kappa shape index (κ1) is 14.9. The third kappa shape index (κ3) is 2.58. The normalized spacial score (nSPS) is 26.1. The average Bonchev–Trinajstić information content (AvgIpc) is 2.57. The van der Waals surface area contributed by atoms with Gasteiger partial charge in [-0.15, -0.1) is 0 Å². The summed E-state index contributed by atoms with van der Waals surface area (Å²) in [5.74, 6) is 0.498. The van der Waals surface area contributed by atoms with Crippen molar-refractivity contribution in [2.45, 2.75) is 31.9 Å². The second-order valence-corrected chi connectivity index (χ2v) is 6.93. The van der Waals surface area contributed by atoms with E-state index in [2.05, 4.69) is 30.4 Å². The number of phenols is 1. The van der Waals surface area contributed by atoms with Gasteiger partial charge >= 0.3 is 0 Å². The zero-order valence-electron chi connectivity index (χ0n) is 13.1. The van der Waals surface area contributed by atoms with Gasteiger partial charge in [0.1, 0.15) is 5.75 Å². The maximum atomic E-state index is 9.69. The molecule has 3 nitrogen and oxygen atoms in total. The largest absolute Gasteiger partial charge is 0.506 e. The van der Waals surface area contributed by atoms with Gasteiger partial charge in [0.2, 0.25) is 0 Å². The first-order valence-electron chi connectivity index (χ1n) is 8.10. The molecular weight excluding hydrogens is 310 g/mol. The van der Waals surface area contributed by atoms with E-state index in [0.29, 0.717) is 10.9 Å². The third-order valence-corrected chi connectivity index (χ3v) is 5.25. The van der Waals surface area contributed by atoms with E-state index < -0.39 is 0 Å². The molecular formula is C19H20ClNO2. The number of fused-ring (bicyclic) bond motifs is 3. The van der Waals surface area contributed by atoms with Crippen molar-refractivity contribution in [3.05, 3.63) is 58.1 Å². The number of hydrogen-bond donors (Lipinski definition) is 2. The van der Waals surface area contributed by atoms with E-state index in [-0.39, 0.29) is 17.9 Å². The van der Waals surface area contributed by atoms with Crippen molar-refractivity contribution in [2.24, 2.45) is 5.92 Å². The van der Waals surface area contributed by atoms with Gasteiger partial charge in [-0.2, -0.15) is 0 Å². The van der Waals surface area contributed by atoms with Crippen molar-refractivity contribution in [3.63, 3.8) is 0 Å². The molecule has 2 aromatic carbocycles. The molecule has 0 spiro atoms. The molecule has 2 aromatic rings. The predicted octanol–water partition coefficient (Wildman–Crippen LogP) is 4.99. The Morgan fingerprint density at radius 3 is 2.91 bits per heavy atom. The molecule has 23 heavy (non-hydrogen) atoms. The molecule has 0 unspecified atom stereocenters. The Hall–Kier alpha value is -1.71. The Bertz CT molecular complexity index is 746. The van der Waals surface area contributed by atoms with Gasteiger partial charge in [-0.05, 0) is 43.5 Å². The topological polar surface area (TPSA) is 41.5 Å². The summed E-state index contributed by atoms with van der Waals surface area (Å²) in [6.07, 6.45) is 2.32. The van der Waals surface area contributed by atoms with Crippen molar-refractivity contribution in [2.75, 3.05) is 11.9 Å². The van der Waals surface area contributed by atoms with Crippen LogP contribution in [0.15, 0.2) is 36.4 Å². The molecule has 120 valence electrons. The fourth-order valence-electron chi connectivity index (χ4n) is 3.84. The lowest BCUT2D eigenvalue weighted by molar-refractivity contribution is -0.0381. The Morgan fingerprint density at radius 1 is 1.22 bits per heavy atom. The number of rotatable bonds is 1. The summed E-state index contributed by atoms with van der Waals surface area (Å²) >= 11 is 6.12. The molecule has 0 radical (unpaired) electrons. The molecule has 1 saturated heterocycles. The number of hydrogen-bond acceptors (Lipinski definition) is 3. The SMILES string of the molecule is Cc1ccc2c(c1)[C@H]1OCCC[C@H]1[C@@H](c1ccc(O)c(Cl)c1)N2. The van der Waals surface area contributed by atoms with Crippen LogP contribution in [-0.2, 0) is 4.74 Å². The molecule has 4 heteroatoms. The van der Waals surface area contributed by atoms with Crippen LogP contribution in [0.3, 0.4) is 0 Å². The van der Waals surface area contributed by atoms with Gasteiger partial charge < -0.3 is 15.2 Å². The summed E-state index contributed by atoms with van der Waals surface area (Å²) in [4.78, 5) is 0. The molecule has 1 fully saturated rings. The minimum Gasteiger partial charge on any atom is -0.506 e. The smallest absolute Gasteiger partial charge is 0.134 e. The zero-order chi connectivity index (χ0) is 16.0. The molecule has 3 atom stereocenters. The van der Waals surface area contributed by atoms with Crippen LogP contribution in [0.4, 0.5) is 5.69 Å². The van der Waals surface area contributed by atoms with E-state index in [4.69, 9.17) is 16.3 Å². The minimum absolute atomic E-state index is 0.123. The number of phenolic OH excluding ortho intramolecular Hbond substituents is 1. The number of anilines is 1. The fraction of sp³-hybridized carbons (Fsp3) is 0.368. The third-order valence-electron chi connectivity index (χ3n) is 4.95. The molecule has 2 heterocycles. The van der Waals surface area contributed by atoms with Gasteiger partial charge in [-0.3, -0.25) is 0 Å². The zero-order valence-corrected chi connectivity index (χ0v) is 13.8. The second-order valence-electron chi connectivity index (χ2n) is 6.52. The van der Waals surface area contributed by atoms with Crippen LogP contribution in [0.5, 0.6) is 5.75 Å². The number of nitrogens with one attached hydrogen (secondary N) is 1. The lowest BCUT2D eigenvalue weighted by atomic mass is 9.77. The van der Waals surface area contributed by atoms with Crippen molar-refractivity contribution in [1.29, 1.82) is 0 Å². The minimum atomic E-state index is 0.123. The summed E-state index contributed by atoms with van der Waals surface area (Å²) in [6.45, 7) is 2.93. The van der Waals surface area contributed by atoms with Crippen LogP contribution in [0.1, 0.15) is 41.7 Å². The molecule has 0 amide bonds. The number of halogens is 1. The summed E-state index contributed by atoms with van der Waals surface area (Å²) < 4.78 is 6.15. The highest BCUT2D eigenvalue weighted by atomic mass is 35.5. The monoisotopic (exact) mass is 329 g/mol. The molecule has 2 N–H and O–H groups in total. The van der Waals surface area contributed by atoms with Gasteiger partial charge in [0.15, 0.2) is 0 Å². The highest BCUT2D eigenvalue weighted by Crippen LogP contribution is 2.49. The van der Waals surface area contributed by atoms with E-state index in [9.17, 15) is 5.11 Å². The molecule has 0 bridgehead atoms. The van der Waals surface area contributed by atoms with Gasteiger partial charge in [0.05, 0.1) is 17.2 Å². The summed E-state index contributed by atoms with van der Waals surface area (Å²) in [5.41, 5.74) is 4.74. The van der Waals surface area contributed by atoms with Crippen LogP contribution in [0, 0.1) is 12.8 Å². The molecule has 0 aromatic heterocycles. The van der Waals surface area contributed by atoms with Gasteiger partial charge in [-0.25, -0.2) is 0 Å². The Kier molecular flexibility index (Phi) is 3.70. The van der Waals surface area contributed by atoms with Crippen LogP contribution >= 0.6 is 11.6 Å². The molecule has 2 aliphatic rings. The molecule has 2 aliphatic heterocycles. The highest BCUT2D eigenvalue weighted by molar-refractivity contribution is 6.32. The van der Waals surface area contributed by atoms with E-state index in [1.807, 2.05) is 12.1 Å². The van der Waals surface area contributed by atoms with Crippen molar-refractivity contribution in [3.8, 4) is 5.75 Å². The maximum absolute atomic E-state index is 9.69. The average molecular weight is 330 g/mol. The van der Waals surface area contributed by atoms with Crippen molar-refractivity contribution in [1.82, 2.24) is 0 Å². The quantitative estimate of drug-likeness (QED) is 0.774. The van der Waals surface area contributed by atoms with Crippen molar-refractivity contribution < 1.29 is 9.84 Å². The second kappa shape index (κ2) is 5.73. The van der Waals surface area contributed by atoms with Crippen LogP contribution < -0.4 is 5.32 Å². The van der Waals surface area contributed by atoms with Crippen LogP contribution in [-0.4, -0.2) is 11.7 Å². The van der Waals surface area contributed by atoms with Crippen LogP contribution in [0.2, 0.25) is 5.02 Å². The lowest BCUT2D eigenvalue weighted by Gasteiger charge is -2.43. The highest BCUT2D eigenvalue weighted by Gasteiger charge is 2.39. The van der Waals surface area contributed by atoms with Gasteiger partial charge in [-0.1, -0.05) is 35.4 Å². The molecule has 0 saturated carbocycles. The Balaban J connectivity index is 1.78. The number of benzene rings is 2. The van der Waals surface area contributed by atoms with Crippen LogP contribution in [0.25, 0.3) is 0 Å². The molecule has 4 rings (SSSR count).